The smallest absolute Gasteiger partial charge is 0.210 e. The van der Waals surface area contributed by atoms with Gasteiger partial charge in [-0.3, -0.25) is 0 Å². The number of nitrogens with zero attached hydrogens (tertiary/aromatic N) is 5. The fourth-order valence-corrected chi connectivity index (χ4v) is 16.6. The predicted molar refractivity (Wildman–Crippen MR) is 304 cm³/mol. The van der Waals surface area contributed by atoms with E-state index >= 15 is 0 Å². The van der Waals surface area contributed by atoms with Crippen molar-refractivity contribution in [2.24, 2.45) is 0 Å². The Bertz CT molecular complexity index is 3200. The van der Waals surface area contributed by atoms with Crippen LogP contribution in [0, 0.1) is 0 Å². The van der Waals surface area contributed by atoms with Crippen molar-refractivity contribution in [1.82, 2.24) is 4.58 Å². The summed E-state index contributed by atoms with van der Waals surface area (Å²) >= 11 is 0. The molecule has 10 heteroatoms. The number of ether oxygens (including phenoxy) is 1. The third kappa shape index (κ3) is 8.15. The minimum Gasteiger partial charge on any atom is -1.00 e. The average Bonchev–Trinajstić information content (AvgIpc) is 3.57. The third-order valence-electron chi connectivity index (χ3n) is 19.7. The summed E-state index contributed by atoms with van der Waals surface area (Å²) in [4.78, 5) is 10.0. The minimum absolute atomic E-state index is 0. The number of phenolic OH excluding ortho intramolecular Hbond substituents is 3. The van der Waals surface area contributed by atoms with Crippen molar-refractivity contribution in [1.29, 1.82) is 0 Å². The van der Waals surface area contributed by atoms with Gasteiger partial charge in [-0.15, -0.1) is 0 Å². The highest BCUT2D eigenvalue weighted by molar-refractivity contribution is 5.82. The number of phenols is 3. The molecule has 0 saturated heterocycles. The summed E-state index contributed by atoms with van der Waals surface area (Å²) in [6.45, 7) is 16.2. The number of aryl methyl sites for hydroxylation is 5. The SMILES string of the molecule is CCC(c1cc2c3c(c1O)CCCN3CCC2)c1cc2c3c(c1O)CCCN3CCC2.CCC1=c2cc3c4c(c2Oc2c1cc1c5c2CCCN5CCC1)CCC[N+]=4CCC3.Oc1ccc2c3c1CCCN3CCC2.[Cl-]. The number of hydrogen-bond donors (Lipinski definition) is 3. The summed E-state index contributed by atoms with van der Waals surface area (Å²) < 4.78 is 9.62. The molecular weight excluding hydrogens is 962 g/mol. The number of rotatable bonds is 4. The van der Waals surface area contributed by atoms with E-state index in [-0.39, 0.29) is 18.3 Å². The molecule has 9 nitrogen and oxygen atoms in total. The van der Waals surface area contributed by atoms with Gasteiger partial charge in [0.1, 0.15) is 41.8 Å². The molecule has 5 aromatic carbocycles. The summed E-state index contributed by atoms with van der Waals surface area (Å²) in [6, 6.07) is 13.5. The monoisotopic (exact) mass is 1040 g/mol. The van der Waals surface area contributed by atoms with Crippen LogP contribution in [0.3, 0.4) is 0 Å². The molecule has 0 atom stereocenters. The van der Waals surface area contributed by atoms with Crippen LogP contribution in [0.5, 0.6) is 28.7 Å². The molecule has 400 valence electrons. The third-order valence-corrected chi connectivity index (χ3v) is 19.7. The van der Waals surface area contributed by atoms with E-state index in [1.54, 1.807) is 11.1 Å². The van der Waals surface area contributed by atoms with Gasteiger partial charge in [-0.1, -0.05) is 19.9 Å². The average molecular weight is 1040 g/mol. The first-order valence-electron chi connectivity index (χ1n) is 30.1. The van der Waals surface area contributed by atoms with Gasteiger partial charge in [-0.2, -0.15) is 0 Å². The van der Waals surface area contributed by atoms with Gasteiger partial charge in [0.05, 0.1) is 5.56 Å². The van der Waals surface area contributed by atoms with Crippen molar-refractivity contribution in [2.75, 3.05) is 85.0 Å². The zero-order valence-electron chi connectivity index (χ0n) is 45.5. The van der Waals surface area contributed by atoms with E-state index < -0.39 is 0 Å². The topological polar surface area (TPSA) is 85.9 Å². The maximum absolute atomic E-state index is 11.5. The number of anilines is 4. The summed E-state index contributed by atoms with van der Waals surface area (Å²) in [6.07, 6.45) is 25.2. The summed E-state index contributed by atoms with van der Waals surface area (Å²) in [7, 11) is 0. The van der Waals surface area contributed by atoms with Crippen molar-refractivity contribution in [3.8, 4) is 28.7 Å². The zero-order valence-corrected chi connectivity index (χ0v) is 46.3. The van der Waals surface area contributed by atoms with Gasteiger partial charge >= 0.3 is 0 Å². The largest absolute Gasteiger partial charge is 1.00 e. The summed E-state index contributed by atoms with van der Waals surface area (Å²) in [5, 5.41) is 35.6. The van der Waals surface area contributed by atoms with E-state index in [0.717, 1.165) is 106 Å². The molecule has 0 aromatic heterocycles. The van der Waals surface area contributed by atoms with Crippen molar-refractivity contribution in [3.05, 3.63) is 119 Å². The second-order valence-corrected chi connectivity index (χ2v) is 24.0. The van der Waals surface area contributed by atoms with Crippen molar-refractivity contribution >= 4 is 28.3 Å². The molecule has 0 amide bonds. The van der Waals surface area contributed by atoms with Gasteiger partial charge in [0.15, 0.2) is 0 Å². The Morgan fingerprint density at radius 2 is 0.921 bits per heavy atom. The van der Waals surface area contributed by atoms with Gasteiger partial charge in [0, 0.05) is 144 Å². The lowest BCUT2D eigenvalue weighted by Gasteiger charge is -2.39. The lowest BCUT2D eigenvalue weighted by atomic mass is 9.79. The number of aromatic hydroxyl groups is 3. The number of hydrogen-bond acceptors (Lipinski definition) is 8. The lowest BCUT2D eigenvalue weighted by Crippen LogP contribution is -3.00. The van der Waals surface area contributed by atoms with Crippen LogP contribution in [0.1, 0.15) is 169 Å². The first-order chi connectivity index (χ1) is 36.9. The Kier molecular flexibility index (Phi) is 13.4. The minimum atomic E-state index is 0. The maximum atomic E-state index is 11.5. The van der Waals surface area contributed by atoms with Crippen LogP contribution in [-0.2, 0) is 64.2 Å². The molecule has 0 bridgehead atoms. The van der Waals surface area contributed by atoms with Crippen LogP contribution in [-0.4, -0.2) is 80.8 Å². The van der Waals surface area contributed by atoms with Crippen LogP contribution in [0.25, 0.3) is 5.57 Å². The standard InChI is InChI=1S/C27H34N2O2.C27H31N2O.C12H15NO.ClH/c1-2-19(22-15-17-7-3-11-28-13-5-9-20(24(17)28)26(22)30)23-16-18-8-4-12-29-14-6-10-21(25(18)29)27(23)31;1-2-19-22-15-17-7-3-11-28-13-5-9-20(24(17)28)26(22)30-27-21-10-6-14-29-12-4-8-18(25(21)29)16-23(19)27;14-11-6-5-9-3-1-7-13-8-2-4-10(11)12(9)13;/h15-16,19,30-31H,2-14H2,1H3;15-16H,2-14H2,1H3;5-6,14H,1-4,7-8H2;1H/q;+1;;/p-1. The fourth-order valence-electron chi connectivity index (χ4n) is 16.6. The highest BCUT2D eigenvalue weighted by atomic mass is 35.5. The second-order valence-electron chi connectivity index (χ2n) is 24.0. The highest BCUT2D eigenvalue weighted by Gasteiger charge is 2.37. The summed E-state index contributed by atoms with van der Waals surface area (Å²) in [5.74, 6) is 3.92. The Balaban J connectivity index is 0.000000116. The maximum Gasteiger partial charge on any atom is 0.210 e. The van der Waals surface area contributed by atoms with Crippen LogP contribution >= 0.6 is 0 Å². The van der Waals surface area contributed by atoms with Gasteiger partial charge in [-0.25, -0.2) is 4.58 Å². The Morgan fingerprint density at radius 1 is 0.474 bits per heavy atom. The van der Waals surface area contributed by atoms with Gasteiger partial charge in [-0.05, 0) is 187 Å². The van der Waals surface area contributed by atoms with Gasteiger partial charge in [0.25, 0.3) is 0 Å². The first-order valence-corrected chi connectivity index (χ1v) is 30.1. The highest BCUT2D eigenvalue weighted by Crippen LogP contribution is 2.52. The molecule has 0 fully saturated rings. The molecule has 11 heterocycles. The predicted octanol–water partition coefficient (Wildman–Crippen LogP) is 7.62. The van der Waals surface area contributed by atoms with Crippen molar-refractivity contribution in [2.45, 2.75) is 161 Å². The zero-order chi connectivity index (χ0) is 50.5. The molecule has 0 saturated carbocycles. The van der Waals surface area contributed by atoms with E-state index in [9.17, 15) is 15.3 Å². The van der Waals surface area contributed by atoms with E-state index in [1.807, 2.05) is 6.07 Å². The summed E-state index contributed by atoms with van der Waals surface area (Å²) in [5.41, 5.74) is 24.4. The molecule has 11 aliphatic rings. The molecule has 76 heavy (non-hydrogen) atoms. The quantitative estimate of drug-likeness (QED) is 0.159. The van der Waals surface area contributed by atoms with Crippen molar-refractivity contribution < 1.29 is 32.5 Å². The molecule has 11 aliphatic heterocycles. The molecule has 3 N–H and O–H groups in total. The van der Waals surface area contributed by atoms with E-state index in [4.69, 9.17) is 4.74 Å². The normalized spacial score (nSPS) is 19.7. The second kappa shape index (κ2) is 20.4. The fraction of sp³-hybridized carbons (Fsp3) is 0.530. The molecule has 16 rings (SSSR count). The van der Waals surface area contributed by atoms with Crippen molar-refractivity contribution in [3.63, 3.8) is 0 Å². The van der Waals surface area contributed by atoms with E-state index in [0.29, 0.717) is 17.2 Å². The van der Waals surface area contributed by atoms with Crippen LogP contribution in [0.2, 0.25) is 0 Å². The molecular formula is C66H80ClN5O4. The molecule has 0 aliphatic carbocycles. The molecule has 0 unspecified atom stereocenters. The van der Waals surface area contributed by atoms with Crippen LogP contribution < -0.4 is 51.9 Å². The molecule has 0 radical (unpaired) electrons. The Morgan fingerprint density at radius 3 is 1.47 bits per heavy atom. The lowest BCUT2D eigenvalue weighted by molar-refractivity contribution is -0.0000181. The Hall–Kier alpha value is -5.54. The number of fused-ring (bicyclic) bond motifs is 4. The number of halogens is 1. The molecule has 5 aromatic rings. The number of benzene rings is 5. The van der Waals surface area contributed by atoms with E-state index in [1.165, 1.54) is 212 Å². The molecule has 0 spiro atoms. The van der Waals surface area contributed by atoms with E-state index in [2.05, 4.69) is 68.4 Å². The van der Waals surface area contributed by atoms with Crippen LogP contribution in [0.15, 0.2) is 36.4 Å². The van der Waals surface area contributed by atoms with Gasteiger partial charge in [0.2, 0.25) is 5.36 Å². The van der Waals surface area contributed by atoms with Gasteiger partial charge < -0.3 is 52.1 Å². The Labute approximate surface area is 457 Å². The van der Waals surface area contributed by atoms with Crippen LogP contribution in [0.4, 0.5) is 22.7 Å². The first kappa shape index (κ1) is 50.0.